The molecule has 2 N–H and O–H groups in total. The first-order valence-electron chi connectivity index (χ1n) is 2.97. The van der Waals surface area contributed by atoms with Gasteiger partial charge in [0, 0.05) is 6.42 Å². The van der Waals surface area contributed by atoms with E-state index in [0.29, 0.717) is 13.0 Å². The highest BCUT2D eigenvalue weighted by Gasteiger charge is 2.05. The van der Waals surface area contributed by atoms with E-state index in [1.165, 1.54) is 7.11 Å². The number of nitrogens with two attached hydrogens (primary N) is 1. The first-order chi connectivity index (χ1) is 4.20. The van der Waals surface area contributed by atoms with Gasteiger partial charge in [-0.2, -0.15) is 0 Å². The molecule has 0 aromatic rings. The summed E-state index contributed by atoms with van der Waals surface area (Å²) in [6.07, 6.45) is 0.424. The van der Waals surface area contributed by atoms with E-state index in [0.717, 1.165) is 0 Å². The van der Waals surface area contributed by atoms with Gasteiger partial charge in [0.1, 0.15) is 0 Å². The summed E-state index contributed by atoms with van der Waals surface area (Å²) >= 11 is 0. The van der Waals surface area contributed by atoms with Crippen molar-refractivity contribution >= 4 is 5.97 Å². The van der Waals surface area contributed by atoms with Crippen molar-refractivity contribution in [2.75, 3.05) is 13.7 Å². The van der Waals surface area contributed by atoms with Crippen LogP contribution in [-0.4, -0.2) is 19.6 Å². The number of esters is 1. The second-order valence-electron chi connectivity index (χ2n) is 2.12. The molecule has 0 aromatic carbocycles. The first kappa shape index (κ1) is 8.43. The van der Waals surface area contributed by atoms with Crippen LogP contribution in [0, 0.1) is 5.92 Å². The van der Waals surface area contributed by atoms with E-state index < -0.39 is 0 Å². The summed E-state index contributed by atoms with van der Waals surface area (Å²) in [7, 11) is 1.38. The molecule has 0 bridgehead atoms. The van der Waals surface area contributed by atoms with Crippen molar-refractivity contribution in [1.29, 1.82) is 0 Å². The van der Waals surface area contributed by atoms with Gasteiger partial charge in [-0.05, 0) is 12.5 Å². The molecule has 0 fully saturated rings. The summed E-state index contributed by atoms with van der Waals surface area (Å²) in [6.45, 7) is 2.45. The van der Waals surface area contributed by atoms with Gasteiger partial charge in [0.2, 0.25) is 0 Å². The largest absolute Gasteiger partial charge is 0.469 e. The fourth-order valence-electron chi connectivity index (χ4n) is 0.451. The molecule has 1 atom stereocenters. The first-order valence-corrected chi connectivity index (χ1v) is 2.97. The lowest BCUT2D eigenvalue weighted by Crippen LogP contribution is -2.15. The molecule has 0 unspecified atom stereocenters. The lowest BCUT2D eigenvalue weighted by molar-refractivity contribution is -0.141. The molecule has 0 aliphatic heterocycles. The van der Waals surface area contributed by atoms with Crippen molar-refractivity contribution in [2.45, 2.75) is 13.3 Å². The fraction of sp³-hybridized carbons (Fsp3) is 0.833. The van der Waals surface area contributed by atoms with Crippen LogP contribution < -0.4 is 5.73 Å². The van der Waals surface area contributed by atoms with Gasteiger partial charge in [-0.25, -0.2) is 0 Å². The molecule has 9 heavy (non-hydrogen) atoms. The fourth-order valence-corrected chi connectivity index (χ4v) is 0.451. The van der Waals surface area contributed by atoms with E-state index in [4.69, 9.17) is 5.73 Å². The van der Waals surface area contributed by atoms with E-state index in [2.05, 4.69) is 4.74 Å². The van der Waals surface area contributed by atoms with E-state index in [-0.39, 0.29) is 11.9 Å². The summed E-state index contributed by atoms with van der Waals surface area (Å²) in [6, 6.07) is 0. The van der Waals surface area contributed by atoms with Crippen LogP contribution in [0.5, 0.6) is 0 Å². The van der Waals surface area contributed by atoms with Gasteiger partial charge < -0.3 is 10.5 Å². The lowest BCUT2D eigenvalue weighted by Gasteiger charge is -2.04. The zero-order chi connectivity index (χ0) is 7.28. The van der Waals surface area contributed by atoms with Gasteiger partial charge >= 0.3 is 5.97 Å². The van der Waals surface area contributed by atoms with Crippen LogP contribution in [0.15, 0.2) is 0 Å². The maximum atomic E-state index is 10.5. The molecule has 0 saturated carbocycles. The zero-order valence-electron chi connectivity index (χ0n) is 5.89. The van der Waals surface area contributed by atoms with Gasteiger partial charge in [-0.3, -0.25) is 4.79 Å². The Morgan fingerprint density at radius 3 is 2.67 bits per heavy atom. The van der Waals surface area contributed by atoms with E-state index in [1.807, 2.05) is 6.92 Å². The third kappa shape index (κ3) is 3.97. The van der Waals surface area contributed by atoms with Crippen molar-refractivity contribution in [3.05, 3.63) is 0 Å². The van der Waals surface area contributed by atoms with Gasteiger partial charge in [-0.15, -0.1) is 0 Å². The number of carbonyl (C=O) groups excluding carboxylic acids is 1. The Balaban J connectivity index is 3.34. The minimum atomic E-state index is -0.187. The van der Waals surface area contributed by atoms with Crippen LogP contribution in [0.3, 0.4) is 0 Å². The van der Waals surface area contributed by atoms with E-state index in [9.17, 15) is 4.79 Å². The molecule has 0 radical (unpaired) electrons. The minimum Gasteiger partial charge on any atom is -0.469 e. The number of hydrogen-bond donors (Lipinski definition) is 1. The van der Waals surface area contributed by atoms with Gasteiger partial charge in [0.15, 0.2) is 0 Å². The molecule has 0 rings (SSSR count). The smallest absolute Gasteiger partial charge is 0.305 e. The van der Waals surface area contributed by atoms with Crippen molar-refractivity contribution < 1.29 is 9.53 Å². The molecular weight excluding hydrogens is 118 g/mol. The minimum absolute atomic E-state index is 0.187. The maximum Gasteiger partial charge on any atom is 0.305 e. The second-order valence-corrected chi connectivity index (χ2v) is 2.12. The average Bonchev–Trinajstić information content (AvgIpc) is 1.87. The van der Waals surface area contributed by atoms with Gasteiger partial charge in [-0.1, -0.05) is 6.92 Å². The summed E-state index contributed by atoms with van der Waals surface area (Å²) in [4.78, 5) is 10.5. The molecule has 0 heterocycles. The van der Waals surface area contributed by atoms with Gasteiger partial charge in [0.05, 0.1) is 7.11 Å². The SMILES string of the molecule is COC(=O)C[C@H](C)CN. The Morgan fingerprint density at radius 1 is 1.78 bits per heavy atom. The quantitative estimate of drug-likeness (QED) is 0.554. The van der Waals surface area contributed by atoms with Crippen LogP contribution in [0.4, 0.5) is 0 Å². The monoisotopic (exact) mass is 131 g/mol. The summed E-state index contributed by atoms with van der Waals surface area (Å²) in [5, 5.41) is 0. The summed E-state index contributed by atoms with van der Waals surface area (Å²) < 4.78 is 4.43. The van der Waals surface area contributed by atoms with E-state index in [1.54, 1.807) is 0 Å². The van der Waals surface area contributed by atoms with Crippen molar-refractivity contribution in [1.82, 2.24) is 0 Å². The second kappa shape index (κ2) is 4.32. The van der Waals surface area contributed by atoms with Crippen LogP contribution in [0.2, 0.25) is 0 Å². The van der Waals surface area contributed by atoms with Crippen LogP contribution in [0.1, 0.15) is 13.3 Å². The number of ether oxygens (including phenoxy) is 1. The predicted molar refractivity (Wildman–Crippen MR) is 34.9 cm³/mol. The van der Waals surface area contributed by atoms with Crippen LogP contribution >= 0.6 is 0 Å². The topological polar surface area (TPSA) is 52.3 Å². The molecule has 54 valence electrons. The lowest BCUT2D eigenvalue weighted by atomic mass is 10.1. The Labute approximate surface area is 55.2 Å². The molecule has 0 aliphatic rings. The van der Waals surface area contributed by atoms with Crippen LogP contribution in [-0.2, 0) is 9.53 Å². The standard InChI is InChI=1S/C6H13NO2/c1-5(4-7)3-6(8)9-2/h5H,3-4,7H2,1-2H3/t5-/m0/s1. The Morgan fingerprint density at radius 2 is 2.33 bits per heavy atom. The third-order valence-corrected chi connectivity index (χ3v) is 1.15. The molecule has 0 spiro atoms. The summed E-state index contributed by atoms with van der Waals surface area (Å²) in [5.41, 5.74) is 5.27. The van der Waals surface area contributed by atoms with Crippen molar-refractivity contribution in [3.63, 3.8) is 0 Å². The molecule has 0 saturated heterocycles. The normalized spacial score (nSPS) is 12.8. The van der Waals surface area contributed by atoms with Crippen LogP contribution in [0.25, 0.3) is 0 Å². The number of methoxy groups -OCH3 is 1. The van der Waals surface area contributed by atoms with E-state index >= 15 is 0 Å². The Hall–Kier alpha value is -0.570. The number of rotatable bonds is 3. The zero-order valence-corrected chi connectivity index (χ0v) is 5.89. The van der Waals surface area contributed by atoms with Crippen molar-refractivity contribution in [2.24, 2.45) is 11.7 Å². The average molecular weight is 131 g/mol. The highest BCUT2D eigenvalue weighted by molar-refractivity contribution is 5.69. The Bertz CT molecular complexity index is 93.1. The molecule has 3 nitrogen and oxygen atoms in total. The number of hydrogen-bond acceptors (Lipinski definition) is 3. The summed E-state index contributed by atoms with van der Waals surface area (Å²) in [5.74, 6) is 0.0467. The molecule has 3 heteroatoms. The molecule has 0 aromatic heterocycles. The maximum absolute atomic E-state index is 10.5. The molecular formula is C6H13NO2. The molecule has 0 amide bonds. The highest BCUT2D eigenvalue weighted by Crippen LogP contribution is 1.98. The Kier molecular flexibility index (Phi) is 4.05. The highest BCUT2D eigenvalue weighted by atomic mass is 16.5. The third-order valence-electron chi connectivity index (χ3n) is 1.15. The van der Waals surface area contributed by atoms with Crippen molar-refractivity contribution in [3.8, 4) is 0 Å². The van der Waals surface area contributed by atoms with Gasteiger partial charge in [0.25, 0.3) is 0 Å². The molecule has 0 aliphatic carbocycles. The predicted octanol–water partition coefficient (Wildman–Crippen LogP) is 0.144. The number of carbonyl (C=O) groups is 1.